The summed E-state index contributed by atoms with van der Waals surface area (Å²) in [7, 11) is 0. The predicted molar refractivity (Wildman–Crippen MR) is 117 cm³/mol. The maximum atomic E-state index is 13.7. The highest BCUT2D eigenvalue weighted by atomic mass is 35.5. The van der Waals surface area contributed by atoms with Gasteiger partial charge in [-0.3, -0.25) is 9.59 Å². The fourth-order valence-corrected chi connectivity index (χ4v) is 6.11. The van der Waals surface area contributed by atoms with Crippen LogP contribution in [0.3, 0.4) is 0 Å². The van der Waals surface area contributed by atoms with Crippen molar-refractivity contribution in [1.29, 1.82) is 0 Å². The highest BCUT2D eigenvalue weighted by Crippen LogP contribution is 2.61. The van der Waals surface area contributed by atoms with Gasteiger partial charge in [0.25, 0.3) is 0 Å². The Labute approximate surface area is 184 Å². The molecule has 0 aromatic heterocycles. The summed E-state index contributed by atoms with van der Waals surface area (Å²) >= 11 is 12.6. The summed E-state index contributed by atoms with van der Waals surface area (Å²) in [4.78, 5) is 28.7. The van der Waals surface area contributed by atoms with Crippen molar-refractivity contribution in [3.05, 3.63) is 98.5 Å². The van der Waals surface area contributed by atoms with Crippen molar-refractivity contribution in [1.82, 2.24) is 0 Å². The summed E-state index contributed by atoms with van der Waals surface area (Å²) in [5.74, 6) is -1.50. The third kappa shape index (κ3) is 2.22. The van der Waals surface area contributed by atoms with Crippen LogP contribution in [-0.2, 0) is 9.59 Å². The van der Waals surface area contributed by atoms with Crippen LogP contribution in [0.4, 0.5) is 5.69 Å². The number of carbonyl (C=O) groups excluding carboxylic acids is 2. The first-order chi connectivity index (χ1) is 14.5. The van der Waals surface area contributed by atoms with Crippen LogP contribution in [0.1, 0.15) is 39.7 Å². The SMILES string of the molecule is Cc1ccc2c(c1)[C@@H]1c3ccccc3[C@@H]2[C@@H]2C(=O)N(c3cc(Cl)ccc3Cl)C(=O)[C@H]12. The van der Waals surface area contributed by atoms with Crippen LogP contribution in [-0.4, -0.2) is 11.8 Å². The van der Waals surface area contributed by atoms with E-state index >= 15 is 0 Å². The van der Waals surface area contributed by atoms with Gasteiger partial charge >= 0.3 is 0 Å². The Hall–Kier alpha value is -2.62. The van der Waals surface area contributed by atoms with Gasteiger partial charge in [0, 0.05) is 16.9 Å². The van der Waals surface area contributed by atoms with E-state index in [1.54, 1.807) is 18.2 Å². The van der Waals surface area contributed by atoms with Gasteiger partial charge in [0.15, 0.2) is 0 Å². The maximum absolute atomic E-state index is 13.7. The molecule has 4 atom stereocenters. The van der Waals surface area contributed by atoms with Crippen molar-refractivity contribution in [2.24, 2.45) is 11.8 Å². The molecule has 1 aliphatic heterocycles. The van der Waals surface area contributed by atoms with E-state index in [9.17, 15) is 9.59 Å². The largest absolute Gasteiger partial charge is 0.274 e. The number of aryl methyl sites for hydroxylation is 1. The highest BCUT2D eigenvalue weighted by Gasteiger charge is 2.62. The number of imide groups is 1. The van der Waals surface area contributed by atoms with E-state index in [-0.39, 0.29) is 23.7 Å². The van der Waals surface area contributed by atoms with E-state index < -0.39 is 11.8 Å². The van der Waals surface area contributed by atoms with Gasteiger partial charge in [0.2, 0.25) is 11.8 Å². The van der Waals surface area contributed by atoms with Crippen molar-refractivity contribution >= 4 is 40.7 Å². The van der Waals surface area contributed by atoms with E-state index in [4.69, 9.17) is 23.2 Å². The van der Waals surface area contributed by atoms with E-state index in [0.717, 1.165) is 22.3 Å². The van der Waals surface area contributed by atoms with Gasteiger partial charge in [0.05, 0.1) is 22.5 Å². The molecule has 3 aromatic carbocycles. The van der Waals surface area contributed by atoms with Gasteiger partial charge in [-0.2, -0.15) is 0 Å². The van der Waals surface area contributed by atoms with E-state index in [0.29, 0.717) is 15.7 Å². The molecular formula is C25H17Cl2NO2. The topological polar surface area (TPSA) is 37.4 Å². The maximum Gasteiger partial charge on any atom is 0.238 e. The summed E-state index contributed by atoms with van der Waals surface area (Å²) in [5.41, 5.74) is 6.16. The van der Waals surface area contributed by atoms with Crippen LogP contribution in [0, 0.1) is 18.8 Å². The van der Waals surface area contributed by atoms with Crippen LogP contribution < -0.4 is 4.90 Å². The van der Waals surface area contributed by atoms with E-state index in [2.05, 4.69) is 37.3 Å². The fourth-order valence-electron chi connectivity index (χ4n) is 5.74. The van der Waals surface area contributed by atoms with Crippen molar-refractivity contribution < 1.29 is 9.59 Å². The molecule has 148 valence electrons. The van der Waals surface area contributed by atoms with Gasteiger partial charge in [-0.1, -0.05) is 71.2 Å². The molecule has 0 N–H and O–H groups in total. The minimum atomic E-state index is -0.429. The number of hydrogen-bond donors (Lipinski definition) is 0. The lowest BCUT2D eigenvalue weighted by Crippen LogP contribution is -2.41. The average Bonchev–Trinajstić information content (AvgIpc) is 3.00. The molecule has 30 heavy (non-hydrogen) atoms. The zero-order valence-electron chi connectivity index (χ0n) is 16.1. The molecule has 1 fully saturated rings. The standard InChI is InChI=1S/C25H17Cl2NO2/c1-12-6-8-16-17(10-12)21-15-5-3-2-4-14(15)20(16)22-23(21)25(30)28(24(22)29)19-11-13(26)7-9-18(19)27/h2-11,20-23H,1H3/t20-,21-,22-,23+/m0/s1. The summed E-state index contributed by atoms with van der Waals surface area (Å²) < 4.78 is 0. The van der Waals surface area contributed by atoms with E-state index in [1.165, 1.54) is 10.5 Å². The number of benzene rings is 3. The van der Waals surface area contributed by atoms with Crippen LogP contribution in [0.15, 0.2) is 60.7 Å². The summed E-state index contributed by atoms with van der Waals surface area (Å²) in [5, 5.41) is 0.785. The highest BCUT2D eigenvalue weighted by molar-refractivity contribution is 6.38. The second-order valence-corrected chi connectivity index (χ2v) is 9.22. The van der Waals surface area contributed by atoms with Crippen LogP contribution >= 0.6 is 23.2 Å². The molecule has 1 heterocycles. The average molecular weight is 434 g/mol. The Balaban J connectivity index is 1.59. The van der Waals surface area contributed by atoms with Crippen LogP contribution in [0.2, 0.25) is 10.0 Å². The summed E-state index contributed by atoms with van der Waals surface area (Å²) in [6.07, 6.45) is 0. The first kappa shape index (κ1) is 18.2. The lowest BCUT2D eigenvalue weighted by atomic mass is 9.55. The molecule has 4 aliphatic rings. The molecule has 7 rings (SSSR count). The van der Waals surface area contributed by atoms with Crippen molar-refractivity contribution in [3.8, 4) is 0 Å². The molecule has 2 amide bonds. The number of rotatable bonds is 1. The number of carbonyl (C=O) groups is 2. The third-order valence-electron chi connectivity index (χ3n) is 6.84. The van der Waals surface area contributed by atoms with Crippen molar-refractivity contribution in [2.45, 2.75) is 18.8 Å². The van der Waals surface area contributed by atoms with Gasteiger partial charge in [-0.25, -0.2) is 4.90 Å². The second-order valence-electron chi connectivity index (χ2n) is 8.38. The zero-order valence-corrected chi connectivity index (χ0v) is 17.6. The van der Waals surface area contributed by atoms with Crippen LogP contribution in [0.5, 0.6) is 0 Å². The van der Waals surface area contributed by atoms with Gasteiger partial charge < -0.3 is 0 Å². The Morgan fingerprint density at radius 1 is 0.733 bits per heavy atom. The lowest BCUT2D eigenvalue weighted by molar-refractivity contribution is -0.122. The van der Waals surface area contributed by atoms with Gasteiger partial charge in [-0.15, -0.1) is 0 Å². The third-order valence-corrected chi connectivity index (χ3v) is 7.40. The Bertz CT molecular complexity index is 1270. The van der Waals surface area contributed by atoms with Gasteiger partial charge in [0.1, 0.15) is 0 Å². The first-order valence-corrected chi connectivity index (χ1v) is 10.7. The lowest BCUT2D eigenvalue weighted by Gasteiger charge is -2.46. The monoisotopic (exact) mass is 433 g/mol. The normalized spacial score (nSPS) is 25.9. The van der Waals surface area contributed by atoms with Crippen molar-refractivity contribution in [2.75, 3.05) is 4.90 Å². The Morgan fingerprint density at radius 2 is 1.33 bits per heavy atom. The molecular weight excluding hydrogens is 417 g/mol. The predicted octanol–water partition coefficient (Wildman–Crippen LogP) is 5.70. The number of amides is 2. The fraction of sp³-hybridized carbons (Fsp3) is 0.200. The Morgan fingerprint density at radius 3 is 2.00 bits per heavy atom. The molecule has 0 radical (unpaired) electrons. The molecule has 5 heteroatoms. The number of halogens is 2. The molecule has 0 unspecified atom stereocenters. The molecule has 3 nitrogen and oxygen atoms in total. The first-order valence-electron chi connectivity index (χ1n) is 9.99. The molecule has 0 saturated carbocycles. The molecule has 0 spiro atoms. The van der Waals surface area contributed by atoms with Crippen LogP contribution in [0.25, 0.3) is 0 Å². The number of hydrogen-bond acceptors (Lipinski definition) is 2. The molecule has 1 saturated heterocycles. The summed E-state index contributed by atoms with van der Waals surface area (Å²) in [6, 6.07) is 19.5. The minimum absolute atomic E-state index is 0.133. The quantitative estimate of drug-likeness (QED) is 0.461. The number of nitrogens with zero attached hydrogens (tertiary/aromatic N) is 1. The Kier molecular flexibility index (Phi) is 3.75. The molecule has 2 bridgehead atoms. The van der Waals surface area contributed by atoms with E-state index in [1.807, 2.05) is 12.1 Å². The minimum Gasteiger partial charge on any atom is -0.274 e. The van der Waals surface area contributed by atoms with Gasteiger partial charge in [-0.05, 0) is 47.4 Å². The smallest absolute Gasteiger partial charge is 0.238 e. The summed E-state index contributed by atoms with van der Waals surface area (Å²) in [6.45, 7) is 2.06. The molecule has 3 aliphatic carbocycles. The zero-order chi connectivity index (χ0) is 20.7. The van der Waals surface area contributed by atoms with Crippen molar-refractivity contribution in [3.63, 3.8) is 0 Å². The second kappa shape index (κ2) is 6.19. The molecule has 3 aromatic rings. The number of anilines is 1.